The lowest BCUT2D eigenvalue weighted by Crippen LogP contribution is -2.35. The van der Waals surface area contributed by atoms with E-state index in [1.165, 1.54) is 17.3 Å². The van der Waals surface area contributed by atoms with Crippen LogP contribution in [0.3, 0.4) is 0 Å². The smallest absolute Gasteiger partial charge is 0.317 e. The molecule has 1 amide bonds. The van der Waals surface area contributed by atoms with Gasteiger partial charge in [-0.15, -0.1) is 0 Å². The van der Waals surface area contributed by atoms with Crippen molar-refractivity contribution in [1.82, 2.24) is 4.98 Å². The minimum atomic E-state index is -0.00998. The number of fused-ring (bicyclic) bond motifs is 1. The third kappa shape index (κ3) is 4.82. The third-order valence-electron chi connectivity index (χ3n) is 4.67. The lowest BCUT2D eigenvalue weighted by molar-refractivity contribution is -0.700. The molecule has 6 heteroatoms. The molecular weight excluding hydrogens is 493 g/mol. The van der Waals surface area contributed by atoms with Gasteiger partial charge in [-0.1, -0.05) is 42.5 Å². The van der Waals surface area contributed by atoms with Crippen molar-refractivity contribution in [1.29, 1.82) is 0 Å². The summed E-state index contributed by atoms with van der Waals surface area (Å²) in [6, 6.07) is 24.6. The number of para-hydroxylation sites is 2. The molecular formula is C23H21IN3OS+. The van der Waals surface area contributed by atoms with Gasteiger partial charge in [-0.25, -0.2) is 9.55 Å². The van der Waals surface area contributed by atoms with Gasteiger partial charge in [0.15, 0.2) is 11.0 Å². The van der Waals surface area contributed by atoms with E-state index in [0.717, 1.165) is 37.6 Å². The summed E-state index contributed by atoms with van der Waals surface area (Å²) in [4.78, 5) is 16.0. The number of hydrogen-bond acceptors (Lipinski definition) is 2. The molecule has 4 aromatic rings. The second-order valence-electron chi connectivity index (χ2n) is 6.82. The number of nitrogens with zero attached hydrogens (tertiary/aromatic N) is 1. The summed E-state index contributed by atoms with van der Waals surface area (Å²) in [5.74, 6) is 0.330. The average molecular weight is 514 g/mol. The first-order chi connectivity index (χ1) is 14.1. The molecule has 0 atom stereocenters. The fraction of sp³-hybridized carbons (Fsp3) is 0.130. The molecule has 3 aromatic carbocycles. The Balaban J connectivity index is 1.52. The molecule has 146 valence electrons. The fourth-order valence-electron chi connectivity index (χ4n) is 3.23. The minimum Gasteiger partial charge on any atom is -0.325 e. The van der Waals surface area contributed by atoms with Crippen LogP contribution in [0.1, 0.15) is 11.1 Å². The van der Waals surface area contributed by atoms with Crippen molar-refractivity contribution in [2.45, 2.75) is 18.6 Å². The van der Waals surface area contributed by atoms with E-state index in [9.17, 15) is 4.79 Å². The summed E-state index contributed by atoms with van der Waals surface area (Å²) in [7, 11) is 0. The van der Waals surface area contributed by atoms with Crippen LogP contribution in [0.2, 0.25) is 0 Å². The number of rotatable bonds is 6. The SMILES string of the molecule is Cc1cc(I)ccc1NC(=O)CSc1[nH]c2ccccc2[n+]1Cc1ccccc1. The van der Waals surface area contributed by atoms with Crippen LogP contribution in [0.15, 0.2) is 78.0 Å². The maximum Gasteiger partial charge on any atom is 0.317 e. The highest BCUT2D eigenvalue weighted by atomic mass is 127. The Hall–Kier alpha value is -2.32. The normalized spacial score (nSPS) is 11.0. The monoisotopic (exact) mass is 514 g/mol. The van der Waals surface area contributed by atoms with E-state index in [-0.39, 0.29) is 5.91 Å². The number of amides is 1. The number of halogens is 1. The number of aryl methyl sites for hydroxylation is 1. The second-order valence-corrected chi connectivity index (χ2v) is 9.02. The van der Waals surface area contributed by atoms with Crippen LogP contribution >= 0.6 is 34.4 Å². The summed E-state index contributed by atoms with van der Waals surface area (Å²) in [5.41, 5.74) is 5.36. The quantitative estimate of drug-likeness (QED) is 0.213. The molecule has 4 rings (SSSR count). The third-order valence-corrected chi connectivity index (χ3v) is 6.34. The summed E-state index contributed by atoms with van der Waals surface area (Å²) >= 11 is 3.80. The molecule has 1 aromatic heterocycles. The molecule has 0 saturated carbocycles. The first kappa shape index (κ1) is 20.0. The van der Waals surface area contributed by atoms with Gasteiger partial charge in [0.05, 0.1) is 5.75 Å². The molecule has 0 aliphatic rings. The van der Waals surface area contributed by atoms with Gasteiger partial charge in [-0.05, 0) is 82.7 Å². The summed E-state index contributed by atoms with van der Waals surface area (Å²) in [6.45, 7) is 2.77. The maximum absolute atomic E-state index is 12.6. The Labute approximate surface area is 187 Å². The van der Waals surface area contributed by atoms with E-state index < -0.39 is 0 Å². The van der Waals surface area contributed by atoms with Gasteiger partial charge < -0.3 is 5.32 Å². The molecule has 0 aliphatic heterocycles. The van der Waals surface area contributed by atoms with Crippen LogP contribution in [0.4, 0.5) is 5.69 Å². The van der Waals surface area contributed by atoms with Gasteiger partial charge in [0.2, 0.25) is 5.91 Å². The Morgan fingerprint density at radius 1 is 1.07 bits per heavy atom. The van der Waals surface area contributed by atoms with Crippen molar-refractivity contribution in [2.75, 3.05) is 11.1 Å². The zero-order valence-electron chi connectivity index (χ0n) is 16.0. The van der Waals surface area contributed by atoms with Gasteiger partial charge in [0.1, 0.15) is 6.54 Å². The van der Waals surface area contributed by atoms with Gasteiger partial charge in [-0.3, -0.25) is 4.79 Å². The number of benzene rings is 3. The number of carbonyl (C=O) groups excluding carboxylic acids is 1. The van der Waals surface area contributed by atoms with Gasteiger partial charge in [0, 0.05) is 9.26 Å². The molecule has 0 spiro atoms. The number of aromatic amines is 1. The highest BCUT2D eigenvalue weighted by Crippen LogP contribution is 2.21. The zero-order chi connectivity index (χ0) is 20.2. The lowest BCUT2D eigenvalue weighted by Gasteiger charge is -2.08. The Kier molecular flexibility index (Phi) is 6.20. The van der Waals surface area contributed by atoms with Crippen molar-refractivity contribution in [3.63, 3.8) is 0 Å². The highest BCUT2D eigenvalue weighted by Gasteiger charge is 2.20. The zero-order valence-corrected chi connectivity index (χ0v) is 19.0. The maximum atomic E-state index is 12.6. The number of anilines is 1. The highest BCUT2D eigenvalue weighted by molar-refractivity contribution is 14.1. The van der Waals surface area contributed by atoms with E-state index in [2.05, 4.69) is 67.8 Å². The van der Waals surface area contributed by atoms with Crippen molar-refractivity contribution >= 4 is 57.0 Å². The van der Waals surface area contributed by atoms with Crippen molar-refractivity contribution < 1.29 is 9.36 Å². The van der Waals surface area contributed by atoms with E-state index in [1.54, 1.807) is 0 Å². The molecule has 29 heavy (non-hydrogen) atoms. The Bertz CT molecular complexity index is 1160. The first-order valence-electron chi connectivity index (χ1n) is 9.33. The van der Waals surface area contributed by atoms with E-state index >= 15 is 0 Å². The molecule has 0 saturated heterocycles. The number of imidazole rings is 1. The second kappa shape index (κ2) is 9.00. The Morgan fingerprint density at radius 2 is 1.83 bits per heavy atom. The average Bonchev–Trinajstić information content (AvgIpc) is 3.07. The van der Waals surface area contributed by atoms with Crippen LogP contribution in [0.5, 0.6) is 0 Å². The lowest BCUT2D eigenvalue weighted by atomic mass is 10.2. The fourth-order valence-corrected chi connectivity index (χ4v) is 4.72. The van der Waals surface area contributed by atoms with Crippen LogP contribution in [-0.2, 0) is 11.3 Å². The number of aromatic nitrogens is 2. The number of carbonyl (C=O) groups is 1. The molecule has 0 fully saturated rings. The molecule has 0 unspecified atom stereocenters. The standard InChI is InChI=1S/C23H20IN3OS/c1-16-13-18(24)11-12-19(16)25-22(28)15-29-23-26-20-9-5-6-10-21(20)27(23)14-17-7-3-2-4-8-17/h2-13H,14-15H2,1H3,(H,25,28)/p+1. The number of nitrogens with one attached hydrogen (secondary N) is 2. The van der Waals surface area contributed by atoms with Crippen molar-refractivity contribution in [3.05, 3.63) is 87.5 Å². The predicted octanol–water partition coefficient (Wildman–Crippen LogP) is 5.15. The summed E-state index contributed by atoms with van der Waals surface area (Å²) < 4.78 is 3.39. The van der Waals surface area contributed by atoms with Crippen LogP contribution in [-0.4, -0.2) is 16.6 Å². The predicted molar refractivity (Wildman–Crippen MR) is 127 cm³/mol. The minimum absolute atomic E-state index is 0.00998. The number of H-pyrrole nitrogens is 1. The molecule has 1 heterocycles. The van der Waals surface area contributed by atoms with E-state index in [0.29, 0.717) is 5.75 Å². The number of thioether (sulfide) groups is 1. The molecule has 0 aliphatic carbocycles. The van der Waals surface area contributed by atoms with E-state index in [4.69, 9.17) is 0 Å². The summed E-state index contributed by atoms with van der Waals surface area (Å²) in [5, 5.41) is 4.00. The van der Waals surface area contributed by atoms with Gasteiger partial charge in [-0.2, -0.15) is 0 Å². The first-order valence-corrected chi connectivity index (χ1v) is 11.4. The topological polar surface area (TPSA) is 48.8 Å². The van der Waals surface area contributed by atoms with Crippen molar-refractivity contribution in [2.24, 2.45) is 0 Å². The number of hydrogen-bond donors (Lipinski definition) is 2. The van der Waals surface area contributed by atoms with Crippen LogP contribution < -0.4 is 9.88 Å². The molecule has 2 N–H and O–H groups in total. The van der Waals surface area contributed by atoms with Gasteiger partial charge >= 0.3 is 5.16 Å². The van der Waals surface area contributed by atoms with Gasteiger partial charge in [0.25, 0.3) is 0 Å². The van der Waals surface area contributed by atoms with Crippen LogP contribution in [0.25, 0.3) is 11.0 Å². The molecule has 4 nitrogen and oxygen atoms in total. The summed E-state index contributed by atoms with van der Waals surface area (Å²) in [6.07, 6.45) is 0. The van der Waals surface area contributed by atoms with E-state index in [1.807, 2.05) is 49.4 Å². The molecule has 0 bridgehead atoms. The van der Waals surface area contributed by atoms with Crippen LogP contribution in [0, 0.1) is 10.5 Å². The Morgan fingerprint density at radius 3 is 2.62 bits per heavy atom. The molecule has 0 radical (unpaired) electrons. The van der Waals surface area contributed by atoms with Crippen molar-refractivity contribution in [3.8, 4) is 0 Å². The largest absolute Gasteiger partial charge is 0.325 e.